The zero-order valence-electron chi connectivity index (χ0n) is 21.0. The van der Waals surface area contributed by atoms with Crippen LogP contribution in [0.2, 0.25) is 0 Å². The number of halogens is 1. The summed E-state index contributed by atoms with van der Waals surface area (Å²) in [5.41, 5.74) is 2.08. The number of carbonyl (C=O) groups excluding carboxylic acids is 3. The highest BCUT2D eigenvalue weighted by Gasteiger charge is 2.35. The maximum atomic E-state index is 13.2. The molecule has 0 aromatic heterocycles. The molecule has 1 fully saturated rings. The van der Waals surface area contributed by atoms with E-state index in [2.05, 4.69) is 21.2 Å². The Labute approximate surface area is 229 Å². The average Bonchev–Trinajstić information content (AvgIpc) is 2.92. The maximum absolute atomic E-state index is 13.2. The van der Waals surface area contributed by atoms with Crippen molar-refractivity contribution in [2.75, 3.05) is 13.7 Å². The summed E-state index contributed by atoms with van der Waals surface area (Å²) in [6.45, 7) is 2.85. The van der Waals surface area contributed by atoms with Crippen LogP contribution in [0.4, 0.5) is 4.79 Å². The van der Waals surface area contributed by atoms with Gasteiger partial charge in [-0.25, -0.2) is 4.79 Å². The third-order valence-corrected chi connectivity index (χ3v) is 6.23. The van der Waals surface area contributed by atoms with Gasteiger partial charge in [-0.1, -0.05) is 53.2 Å². The summed E-state index contributed by atoms with van der Waals surface area (Å²) in [7, 11) is 1.52. The fraction of sp³-hybridized carbons (Fsp3) is 0.207. The highest BCUT2D eigenvalue weighted by molar-refractivity contribution is 9.10. The smallest absolute Gasteiger partial charge is 0.331 e. The molecule has 196 valence electrons. The number of hydrogen-bond acceptors (Lipinski definition) is 6. The van der Waals surface area contributed by atoms with Crippen LogP contribution in [0.3, 0.4) is 0 Å². The molecule has 0 spiro atoms. The fourth-order valence-electron chi connectivity index (χ4n) is 3.77. The molecule has 8 nitrogen and oxygen atoms in total. The lowest BCUT2D eigenvalue weighted by atomic mass is 10.1. The molecule has 4 rings (SSSR count). The zero-order valence-corrected chi connectivity index (χ0v) is 22.6. The van der Waals surface area contributed by atoms with Crippen LogP contribution in [0, 0.1) is 0 Å². The summed E-state index contributed by atoms with van der Waals surface area (Å²) in [6, 6.07) is 19.2. The van der Waals surface area contributed by atoms with Crippen molar-refractivity contribution in [3.8, 4) is 17.2 Å². The van der Waals surface area contributed by atoms with Crippen LogP contribution in [0.15, 0.2) is 76.8 Å². The third kappa shape index (κ3) is 6.60. The molecule has 0 atom stereocenters. The average molecular weight is 579 g/mol. The van der Waals surface area contributed by atoms with E-state index in [1.165, 1.54) is 13.2 Å². The van der Waals surface area contributed by atoms with Crippen molar-refractivity contribution in [2.45, 2.75) is 26.5 Å². The van der Waals surface area contributed by atoms with E-state index in [1.807, 2.05) is 31.2 Å². The van der Waals surface area contributed by atoms with Crippen LogP contribution >= 0.6 is 15.9 Å². The first-order valence-corrected chi connectivity index (χ1v) is 12.8. The Morgan fingerprint density at radius 1 is 0.921 bits per heavy atom. The van der Waals surface area contributed by atoms with Gasteiger partial charge in [0, 0.05) is 4.47 Å². The lowest BCUT2D eigenvalue weighted by molar-refractivity contribution is -0.130. The largest absolute Gasteiger partial charge is 0.493 e. The molecule has 0 bridgehead atoms. The van der Waals surface area contributed by atoms with Gasteiger partial charge in [0.1, 0.15) is 17.9 Å². The number of imide groups is 2. The van der Waals surface area contributed by atoms with Crippen molar-refractivity contribution in [2.24, 2.45) is 0 Å². The first-order valence-electron chi connectivity index (χ1n) is 12.0. The van der Waals surface area contributed by atoms with E-state index in [0.29, 0.717) is 41.6 Å². The van der Waals surface area contributed by atoms with Gasteiger partial charge in [-0.3, -0.25) is 19.8 Å². The normalized spacial score (nSPS) is 14.4. The number of carbonyl (C=O) groups is 3. The monoisotopic (exact) mass is 578 g/mol. The summed E-state index contributed by atoms with van der Waals surface area (Å²) in [5.74, 6) is 0.206. The minimum Gasteiger partial charge on any atom is -0.493 e. The summed E-state index contributed by atoms with van der Waals surface area (Å²) in [4.78, 5) is 39.3. The number of ether oxygens (including phenoxy) is 3. The van der Waals surface area contributed by atoms with E-state index in [4.69, 9.17) is 14.2 Å². The number of benzene rings is 3. The summed E-state index contributed by atoms with van der Waals surface area (Å²) < 4.78 is 17.9. The quantitative estimate of drug-likeness (QED) is 0.252. The van der Waals surface area contributed by atoms with E-state index in [0.717, 1.165) is 21.4 Å². The lowest BCUT2D eigenvalue weighted by Gasteiger charge is -2.26. The summed E-state index contributed by atoms with van der Waals surface area (Å²) in [5, 5.41) is 2.25. The minimum absolute atomic E-state index is 0.0456. The maximum Gasteiger partial charge on any atom is 0.331 e. The lowest BCUT2D eigenvalue weighted by Crippen LogP contribution is -2.53. The van der Waals surface area contributed by atoms with Gasteiger partial charge in [-0.15, -0.1) is 0 Å². The number of amides is 4. The predicted molar refractivity (Wildman–Crippen MR) is 146 cm³/mol. The van der Waals surface area contributed by atoms with Gasteiger partial charge in [-0.05, 0) is 65.6 Å². The molecule has 0 aliphatic carbocycles. The molecular formula is C29H27BrN2O6. The third-order valence-electron chi connectivity index (χ3n) is 5.70. The summed E-state index contributed by atoms with van der Waals surface area (Å²) in [6.07, 6.45) is 2.29. The number of methoxy groups -OCH3 is 1. The molecule has 0 radical (unpaired) electrons. The molecule has 9 heteroatoms. The number of hydrogen-bond donors (Lipinski definition) is 1. The standard InChI is InChI=1S/C29H27BrN2O6/c1-3-13-37-25-12-9-21(16-26(25)36-2)17-32-28(34)24(27(33)31-29(32)35)15-20-5-4-6-23(14-20)38-18-19-7-10-22(30)11-8-19/h4-12,14-16H,3,13,17-18H2,1-2H3,(H,31,33,35)/b24-15-. The van der Waals surface area contributed by atoms with Crippen molar-refractivity contribution in [1.82, 2.24) is 10.2 Å². The Balaban J connectivity index is 1.50. The molecule has 3 aromatic carbocycles. The molecule has 0 unspecified atom stereocenters. The van der Waals surface area contributed by atoms with Gasteiger partial charge in [0.25, 0.3) is 11.8 Å². The molecule has 3 aromatic rings. The second kappa shape index (κ2) is 12.4. The van der Waals surface area contributed by atoms with Crippen molar-refractivity contribution < 1.29 is 28.6 Å². The van der Waals surface area contributed by atoms with Crippen LogP contribution in [0.25, 0.3) is 6.08 Å². The number of nitrogens with zero attached hydrogens (tertiary/aromatic N) is 1. The van der Waals surface area contributed by atoms with E-state index < -0.39 is 17.8 Å². The van der Waals surface area contributed by atoms with Crippen molar-refractivity contribution in [3.05, 3.63) is 93.5 Å². The van der Waals surface area contributed by atoms with Gasteiger partial charge in [0.15, 0.2) is 11.5 Å². The first kappa shape index (κ1) is 26.9. The van der Waals surface area contributed by atoms with Crippen molar-refractivity contribution in [3.63, 3.8) is 0 Å². The molecule has 1 N–H and O–H groups in total. The Hall–Kier alpha value is -4.11. The Bertz CT molecular complexity index is 1370. The van der Waals surface area contributed by atoms with E-state index in [1.54, 1.807) is 42.5 Å². The van der Waals surface area contributed by atoms with E-state index in [-0.39, 0.29) is 12.1 Å². The predicted octanol–water partition coefficient (Wildman–Crippen LogP) is 5.49. The van der Waals surface area contributed by atoms with E-state index >= 15 is 0 Å². The highest BCUT2D eigenvalue weighted by Crippen LogP contribution is 2.29. The van der Waals surface area contributed by atoms with Gasteiger partial charge in [-0.2, -0.15) is 0 Å². The number of rotatable bonds is 10. The molecule has 4 amide bonds. The van der Waals surface area contributed by atoms with Gasteiger partial charge in [0.2, 0.25) is 0 Å². The van der Waals surface area contributed by atoms with Gasteiger partial charge in [0.05, 0.1) is 20.3 Å². The van der Waals surface area contributed by atoms with Crippen LogP contribution in [-0.2, 0) is 22.7 Å². The first-order chi connectivity index (χ1) is 18.4. The number of urea groups is 1. The zero-order chi connectivity index (χ0) is 27.1. The summed E-state index contributed by atoms with van der Waals surface area (Å²) >= 11 is 3.41. The number of barbiturate groups is 1. The molecule has 1 aliphatic heterocycles. The molecule has 1 aliphatic rings. The highest BCUT2D eigenvalue weighted by atomic mass is 79.9. The second-order valence-corrected chi connectivity index (χ2v) is 9.45. The van der Waals surface area contributed by atoms with Gasteiger partial charge < -0.3 is 14.2 Å². The topological polar surface area (TPSA) is 94.2 Å². The minimum atomic E-state index is -0.783. The van der Waals surface area contributed by atoms with Crippen LogP contribution in [0.5, 0.6) is 17.2 Å². The van der Waals surface area contributed by atoms with Gasteiger partial charge >= 0.3 is 6.03 Å². The van der Waals surface area contributed by atoms with Crippen LogP contribution in [0.1, 0.15) is 30.0 Å². The Morgan fingerprint density at radius 3 is 2.42 bits per heavy atom. The fourth-order valence-corrected chi connectivity index (χ4v) is 4.03. The van der Waals surface area contributed by atoms with Crippen LogP contribution < -0.4 is 19.5 Å². The number of nitrogens with one attached hydrogen (secondary N) is 1. The molecule has 1 saturated heterocycles. The molecule has 38 heavy (non-hydrogen) atoms. The van der Waals surface area contributed by atoms with Crippen LogP contribution in [-0.4, -0.2) is 36.5 Å². The second-order valence-electron chi connectivity index (χ2n) is 8.53. The Morgan fingerprint density at radius 2 is 1.68 bits per heavy atom. The van der Waals surface area contributed by atoms with E-state index in [9.17, 15) is 14.4 Å². The molecule has 1 heterocycles. The molecule has 0 saturated carbocycles. The molecular weight excluding hydrogens is 552 g/mol. The van der Waals surface area contributed by atoms with Crippen molar-refractivity contribution in [1.29, 1.82) is 0 Å². The SMILES string of the molecule is CCCOc1ccc(CN2C(=O)NC(=O)/C(=C/c3cccc(OCc4ccc(Br)cc4)c3)C2=O)cc1OC. The van der Waals surface area contributed by atoms with Crippen molar-refractivity contribution >= 4 is 39.9 Å². The Kier molecular flexibility index (Phi) is 8.81.